The van der Waals surface area contributed by atoms with E-state index in [-0.39, 0.29) is 11.5 Å². The Kier molecular flexibility index (Phi) is 6.64. The van der Waals surface area contributed by atoms with E-state index >= 15 is 0 Å². The molecule has 1 aliphatic carbocycles. The van der Waals surface area contributed by atoms with E-state index in [9.17, 15) is 9.59 Å². The molecule has 0 atom stereocenters. The van der Waals surface area contributed by atoms with Crippen LogP contribution in [0.25, 0.3) is 0 Å². The van der Waals surface area contributed by atoms with E-state index in [4.69, 9.17) is 4.74 Å². The second-order valence-corrected chi connectivity index (χ2v) is 8.03. The molecule has 6 nitrogen and oxygen atoms in total. The van der Waals surface area contributed by atoms with Gasteiger partial charge in [0.05, 0.1) is 10.6 Å². The van der Waals surface area contributed by atoms with Crippen molar-refractivity contribution >= 4 is 12.1 Å². The molecular formula is C20H28O6. The molecule has 0 bridgehead atoms. The van der Waals surface area contributed by atoms with Crippen molar-refractivity contribution in [1.29, 1.82) is 0 Å². The molecule has 0 unspecified atom stereocenters. The molecule has 1 aromatic rings. The third kappa shape index (κ3) is 5.73. The van der Waals surface area contributed by atoms with Gasteiger partial charge in [-0.25, -0.2) is 14.5 Å². The molecule has 0 N–H and O–H groups in total. The Balaban J connectivity index is 1.69. The molecule has 144 valence electrons. The van der Waals surface area contributed by atoms with Gasteiger partial charge in [0.1, 0.15) is 6.10 Å². The van der Waals surface area contributed by atoms with Crippen LogP contribution in [0.4, 0.5) is 4.79 Å². The molecule has 0 aliphatic heterocycles. The van der Waals surface area contributed by atoms with Gasteiger partial charge in [-0.3, -0.25) is 4.89 Å². The number of benzene rings is 1. The van der Waals surface area contributed by atoms with Crippen molar-refractivity contribution in [1.82, 2.24) is 0 Å². The lowest BCUT2D eigenvalue weighted by atomic mass is 9.72. The summed E-state index contributed by atoms with van der Waals surface area (Å²) in [5.74, 6) is -0.125. The van der Waals surface area contributed by atoms with Gasteiger partial charge in [0, 0.05) is 0 Å². The SMILES string of the molecule is Cc1ccc(C(=O)OOOC(=O)OC2CCC(C(C)(C)C)CC2)cc1C. The Hall–Kier alpha value is -2.08. The molecule has 2 rings (SSSR count). The van der Waals surface area contributed by atoms with Crippen LogP contribution in [0, 0.1) is 25.2 Å². The molecule has 1 fully saturated rings. The molecule has 0 amide bonds. The fourth-order valence-corrected chi connectivity index (χ4v) is 3.19. The summed E-state index contributed by atoms with van der Waals surface area (Å²) in [6.07, 6.45) is 2.39. The zero-order valence-corrected chi connectivity index (χ0v) is 16.2. The predicted molar refractivity (Wildman–Crippen MR) is 95.2 cm³/mol. The molecule has 0 aromatic heterocycles. The number of hydrogen-bond acceptors (Lipinski definition) is 6. The minimum Gasteiger partial charge on any atom is -0.429 e. The normalized spacial score (nSPS) is 20.3. The summed E-state index contributed by atoms with van der Waals surface area (Å²) in [5.41, 5.74) is 2.58. The average Bonchev–Trinajstić information content (AvgIpc) is 2.57. The Bertz CT molecular complexity index is 638. The second-order valence-electron chi connectivity index (χ2n) is 8.03. The number of hydrogen-bond donors (Lipinski definition) is 0. The van der Waals surface area contributed by atoms with Gasteiger partial charge in [-0.15, -0.1) is 0 Å². The van der Waals surface area contributed by atoms with Gasteiger partial charge in [-0.2, -0.15) is 0 Å². The highest BCUT2D eigenvalue weighted by molar-refractivity contribution is 5.89. The molecule has 0 saturated heterocycles. The smallest absolute Gasteiger partial charge is 0.429 e. The lowest BCUT2D eigenvalue weighted by Crippen LogP contribution is -2.30. The van der Waals surface area contributed by atoms with Crippen LogP contribution in [0.1, 0.15) is 67.9 Å². The quantitative estimate of drug-likeness (QED) is 0.422. The molecule has 0 radical (unpaired) electrons. The largest absolute Gasteiger partial charge is 0.543 e. The van der Waals surface area contributed by atoms with Crippen LogP contribution < -0.4 is 0 Å². The van der Waals surface area contributed by atoms with Gasteiger partial charge in [-0.1, -0.05) is 26.8 Å². The fourth-order valence-electron chi connectivity index (χ4n) is 3.19. The average molecular weight is 364 g/mol. The molecule has 0 heterocycles. The van der Waals surface area contributed by atoms with Crippen LogP contribution in [-0.2, 0) is 19.6 Å². The maximum absolute atomic E-state index is 11.8. The number of ether oxygens (including phenoxy) is 1. The number of aryl methyl sites for hydroxylation is 2. The zero-order chi connectivity index (χ0) is 19.3. The summed E-state index contributed by atoms with van der Waals surface area (Å²) in [6, 6.07) is 5.09. The van der Waals surface area contributed by atoms with E-state index in [1.165, 1.54) is 0 Å². The van der Waals surface area contributed by atoms with Gasteiger partial charge < -0.3 is 4.74 Å². The van der Waals surface area contributed by atoms with Crippen molar-refractivity contribution < 1.29 is 29.1 Å². The lowest BCUT2D eigenvalue weighted by molar-refractivity contribution is -0.453. The summed E-state index contributed by atoms with van der Waals surface area (Å²) >= 11 is 0. The minimum absolute atomic E-state index is 0.194. The van der Waals surface area contributed by atoms with E-state index in [1.54, 1.807) is 18.2 Å². The highest BCUT2D eigenvalue weighted by Gasteiger charge is 2.31. The monoisotopic (exact) mass is 364 g/mol. The first-order valence-electron chi connectivity index (χ1n) is 9.00. The molecule has 1 saturated carbocycles. The second kappa shape index (κ2) is 8.54. The summed E-state index contributed by atoms with van der Waals surface area (Å²) in [5, 5.41) is 4.27. The molecule has 0 spiro atoms. The third-order valence-corrected chi connectivity index (χ3v) is 5.12. The fraction of sp³-hybridized carbons (Fsp3) is 0.600. The van der Waals surface area contributed by atoms with Crippen molar-refractivity contribution in [2.75, 3.05) is 0 Å². The predicted octanol–water partition coefficient (Wildman–Crippen LogP) is 5.06. The van der Waals surface area contributed by atoms with Crippen LogP contribution in [0.2, 0.25) is 0 Å². The third-order valence-electron chi connectivity index (χ3n) is 5.12. The van der Waals surface area contributed by atoms with Crippen LogP contribution >= 0.6 is 0 Å². The van der Waals surface area contributed by atoms with Crippen LogP contribution in [-0.4, -0.2) is 18.2 Å². The lowest BCUT2D eigenvalue weighted by Gasteiger charge is -2.36. The van der Waals surface area contributed by atoms with E-state index < -0.39 is 12.1 Å². The first kappa shape index (κ1) is 20.2. The topological polar surface area (TPSA) is 71.1 Å². The highest BCUT2D eigenvalue weighted by Crippen LogP contribution is 2.38. The number of rotatable bonds is 4. The van der Waals surface area contributed by atoms with Gasteiger partial charge in [0.15, 0.2) is 0 Å². The van der Waals surface area contributed by atoms with E-state index in [2.05, 4.69) is 35.6 Å². The van der Waals surface area contributed by atoms with E-state index in [0.717, 1.165) is 36.8 Å². The van der Waals surface area contributed by atoms with Crippen molar-refractivity contribution in [3.63, 3.8) is 0 Å². The first-order chi connectivity index (χ1) is 12.2. The first-order valence-corrected chi connectivity index (χ1v) is 9.00. The summed E-state index contributed by atoms with van der Waals surface area (Å²) in [7, 11) is 0. The summed E-state index contributed by atoms with van der Waals surface area (Å²) in [4.78, 5) is 32.3. The standard InChI is InChI=1S/C20H28O6/c1-13-6-7-15(12-14(13)2)18(21)24-26-25-19(22)23-17-10-8-16(9-11-17)20(3,4)5/h6-7,12,16-17H,8-11H2,1-5H3. The number of carbonyl (C=O) groups is 2. The van der Waals surface area contributed by atoms with Crippen molar-refractivity contribution in [3.05, 3.63) is 34.9 Å². The molecule has 1 aliphatic rings. The van der Waals surface area contributed by atoms with Crippen LogP contribution in [0.3, 0.4) is 0 Å². The number of carbonyl (C=O) groups excluding carboxylic acids is 2. The molecular weight excluding hydrogens is 336 g/mol. The van der Waals surface area contributed by atoms with E-state index in [1.807, 2.05) is 13.8 Å². The van der Waals surface area contributed by atoms with Gasteiger partial charge >= 0.3 is 12.1 Å². The van der Waals surface area contributed by atoms with Crippen molar-refractivity contribution in [2.24, 2.45) is 11.3 Å². The molecule has 26 heavy (non-hydrogen) atoms. The van der Waals surface area contributed by atoms with Crippen LogP contribution in [0.15, 0.2) is 18.2 Å². The Morgan fingerprint density at radius 1 is 0.962 bits per heavy atom. The zero-order valence-electron chi connectivity index (χ0n) is 16.2. The Labute approximate surface area is 154 Å². The maximum Gasteiger partial charge on any atom is 0.543 e. The maximum atomic E-state index is 11.8. The minimum atomic E-state index is -1.00. The van der Waals surface area contributed by atoms with Crippen LogP contribution in [0.5, 0.6) is 0 Å². The Morgan fingerprint density at radius 3 is 2.19 bits per heavy atom. The summed E-state index contributed by atoms with van der Waals surface area (Å²) < 4.78 is 5.20. The van der Waals surface area contributed by atoms with E-state index in [0.29, 0.717) is 11.5 Å². The van der Waals surface area contributed by atoms with Gasteiger partial charge in [0.25, 0.3) is 0 Å². The van der Waals surface area contributed by atoms with Crippen molar-refractivity contribution in [3.8, 4) is 0 Å². The Morgan fingerprint density at radius 2 is 1.62 bits per heavy atom. The molecule has 1 aromatic carbocycles. The van der Waals surface area contributed by atoms with Crippen molar-refractivity contribution in [2.45, 2.75) is 66.4 Å². The van der Waals surface area contributed by atoms with Gasteiger partial charge in [-0.05, 0) is 74.1 Å². The van der Waals surface area contributed by atoms with Gasteiger partial charge in [0.2, 0.25) is 0 Å². The highest BCUT2D eigenvalue weighted by atomic mass is 17.5. The summed E-state index contributed by atoms with van der Waals surface area (Å²) in [6.45, 7) is 10.5. The molecule has 6 heteroatoms.